The molecular weight excluding hydrogens is 728 g/mol. The molecule has 2 aliphatic carbocycles. The van der Waals surface area contributed by atoms with Gasteiger partial charge in [-0.15, -0.1) is 0 Å². The van der Waals surface area contributed by atoms with E-state index in [1.54, 1.807) is 48.0 Å². The Kier molecular flexibility index (Phi) is 7.13. The molecule has 0 saturated heterocycles. The summed E-state index contributed by atoms with van der Waals surface area (Å²) in [7, 11) is 0. The summed E-state index contributed by atoms with van der Waals surface area (Å²) >= 11 is 14.9. The Morgan fingerprint density at radius 3 is 2.29 bits per heavy atom. The number of fused-ring (bicyclic) bond motifs is 1. The highest BCUT2D eigenvalue weighted by molar-refractivity contribution is 14.1. The van der Waals surface area contributed by atoms with E-state index >= 15 is 0 Å². The number of nitrogens with two attached hydrogens (primary N) is 1. The van der Waals surface area contributed by atoms with Gasteiger partial charge in [0.25, 0.3) is 11.8 Å². The van der Waals surface area contributed by atoms with Gasteiger partial charge in [0.1, 0.15) is 16.8 Å². The number of benzene rings is 2. The number of amides is 3. The average molecular weight is 756 g/mol. The highest BCUT2D eigenvalue weighted by atomic mass is 127. The minimum absolute atomic E-state index is 0.159. The second-order valence-corrected chi connectivity index (χ2v) is 14.3. The van der Waals surface area contributed by atoms with Crippen LogP contribution in [0.25, 0.3) is 0 Å². The lowest BCUT2D eigenvalue weighted by atomic mass is 9.91. The highest BCUT2D eigenvalue weighted by Crippen LogP contribution is 2.48. The monoisotopic (exact) mass is 755 g/mol. The quantitative estimate of drug-likeness (QED) is 0.161. The molecule has 0 spiro atoms. The summed E-state index contributed by atoms with van der Waals surface area (Å²) in [5.74, 6) is -0.807. The van der Waals surface area contributed by atoms with Crippen molar-refractivity contribution in [2.24, 2.45) is 0 Å². The molecule has 2 saturated carbocycles. The molecule has 230 valence electrons. The van der Waals surface area contributed by atoms with Gasteiger partial charge in [-0.25, -0.2) is 9.88 Å². The van der Waals surface area contributed by atoms with Gasteiger partial charge in [-0.05, 0) is 103 Å². The van der Waals surface area contributed by atoms with Gasteiger partial charge in [0.2, 0.25) is 11.9 Å². The topological polar surface area (TPSA) is 135 Å². The van der Waals surface area contributed by atoms with Crippen molar-refractivity contribution < 1.29 is 14.4 Å². The molecule has 3 amide bonds. The Hall–Kier alpha value is -3.68. The molecule has 0 unspecified atom stereocenters. The number of aromatic nitrogens is 3. The van der Waals surface area contributed by atoms with E-state index in [9.17, 15) is 14.4 Å². The third kappa shape index (κ3) is 5.24. The van der Waals surface area contributed by atoms with Crippen LogP contribution in [0.3, 0.4) is 0 Å². The number of nitrogens with one attached hydrogen (secondary N) is 2. The highest BCUT2D eigenvalue weighted by Gasteiger charge is 2.57. The normalized spacial score (nSPS) is 20.4. The zero-order valence-corrected chi connectivity index (χ0v) is 27.8. The van der Waals surface area contributed by atoms with E-state index in [0.29, 0.717) is 34.3 Å². The molecule has 3 aliphatic rings. The van der Waals surface area contributed by atoms with E-state index in [2.05, 4.69) is 43.2 Å². The van der Waals surface area contributed by atoms with Gasteiger partial charge < -0.3 is 16.4 Å². The van der Waals surface area contributed by atoms with Crippen LogP contribution in [0.2, 0.25) is 10.0 Å². The van der Waals surface area contributed by atoms with Crippen molar-refractivity contribution in [3.8, 4) is 0 Å². The van der Waals surface area contributed by atoms with E-state index in [1.807, 2.05) is 24.3 Å². The molecule has 4 N–H and O–H groups in total. The number of hydrogen-bond acceptors (Lipinski definition) is 6. The first-order valence-corrected chi connectivity index (χ1v) is 16.3. The molecule has 2 aromatic heterocycles. The van der Waals surface area contributed by atoms with Gasteiger partial charge >= 0.3 is 0 Å². The SMILES string of the molecule is C[C@@]1(Cc2ccc(N)cc2)C(=O)N(c2cc(Cl)cc(Cl)c2)c2ncc(C(=O)NC3(C(=O)NC4(c5cc(I)ccn5)CC4)CC3)n21. The van der Waals surface area contributed by atoms with Crippen molar-refractivity contribution >= 4 is 80.8 Å². The summed E-state index contributed by atoms with van der Waals surface area (Å²) < 4.78 is 2.68. The molecule has 2 fully saturated rings. The van der Waals surface area contributed by atoms with Crippen molar-refractivity contribution in [3.05, 3.63) is 97.6 Å². The fourth-order valence-corrected chi connectivity index (χ4v) is 7.02. The number of carbonyl (C=O) groups excluding carboxylic acids is 3. The first kappa shape index (κ1) is 30.0. The van der Waals surface area contributed by atoms with Gasteiger partial charge in [-0.2, -0.15) is 0 Å². The van der Waals surface area contributed by atoms with Crippen LogP contribution in [0.4, 0.5) is 17.3 Å². The zero-order valence-electron chi connectivity index (χ0n) is 24.1. The smallest absolute Gasteiger partial charge is 0.270 e. The molecule has 2 aromatic carbocycles. The van der Waals surface area contributed by atoms with E-state index in [4.69, 9.17) is 28.9 Å². The Morgan fingerprint density at radius 2 is 1.67 bits per heavy atom. The van der Waals surface area contributed by atoms with E-state index in [1.165, 1.54) is 11.1 Å². The Morgan fingerprint density at radius 1 is 0.978 bits per heavy atom. The molecule has 7 rings (SSSR count). The standard InChI is InChI=1S/C32H28Cl2IN7O3/c1-30(16-18-2-4-22(36)5-3-18)28(45)41(23-13-19(33)12-20(34)14-23)29-38-17-24(42(29)30)26(43)39-32(9-10-32)27(44)40-31(7-8-31)25-15-21(35)6-11-37-25/h2-6,11-15,17H,7-10,16,36H2,1H3,(H,39,43)(H,40,44)/t30-/m1/s1. The molecule has 1 atom stereocenters. The number of nitrogen functional groups attached to an aromatic ring is 1. The number of halogens is 3. The molecule has 45 heavy (non-hydrogen) atoms. The van der Waals surface area contributed by atoms with Crippen molar-refractivity contribution in [2.75, 3.05) is 10.6 Å². The third-order valence-corrected chi connectivity index (χ3v) is 9.93. The summed E-state index contributed by atoms with van der Waals surface area (Å²) in [6, 6.07) is 15.9. The maximum atomic E-state index is 14.3. The molecule has 0 radical (unpaired) electrons. The fraction of sp³-hybridized carbons (Fsp3) is 0.281. The molecular formula is C32H28Cl2IN7O3. The number of hydrogen-bond donors (Lipinski definition) is 3. The van der Waals surface area contributed by atoms with Crippen LogP contribution < -0.4 is 21.3 Å². The van der Waals surface area contributed by atoms with Crippen molar-refractivity contribution in [1.29, 1.82) is 0 Å². The van der Waals surface area contributed by atoms with Crippen LogP contribution in [-0.4, -0.2) is 37.8 Å². The summed E-state index contributed by atoms with van der Waals surface area (Å²) in [5.41, 5.74) is 5.91. The number of anilines is 3. The average Bonchev–Trinajstić information content (AvgIpc) is 3.89. The third-order valence-electron chi connectivity index (χ3n) is 8.82. The van der Waals surface area contributed by atoms with Crippen molar-refractivity contribution in [1.82, 2.24) is 25.2 Å². The Labute approximate surface area is 282 Å². The van der Waals surface area contributed by atoms with Gasteiger partial charge in [0.05, 0.1) is 23.1 Å². The minimum atomic E-state index is -1.25. The van der Waals surface area contributed by atoms with Gasteiger partial charge in [0, 0.05) is 31.9 Å². The zero-order chi connectivity index (χ0) is 31.7. The fourth-order valence-electron chi connectivity index (χ4n) is 6.05. The first-order chi connectivity index (χ1) is 21.4. The number of rotatable bonds is 8. The molecule has 1 aliphatic heterocycles. The van der Waals surface area contributed by atoms with E-state index in [-0.39, 0.29) is 29.9 Å². The van der Waals surface area contributed by atoms with Crippen LogP contribution >= 0.6 is 45.8 Å². The number of pyridine rings is 1. The summed E-state index contributed by atoms with van der Waals surface area (Å²) in [5, 5.41) is 6.87. The Balaban J connectivity index is 1.21. The predicted octanol–water partition coefficient (Wildman–Crippen LogP) is 5.48. The lowest BCUT2D eigenvalue weighted by Gasteiger charge is -2.27. The van der Waals surface area contributed by atoms with Crippen molar-refractivity contribution in [2.45, 2.75) is 55.6 Å². The predicted molar refractivity (Wildman–Crippen MR) is 179 cm³/mol. The second kappa shape index (κ2) is 10.7. The van der Waals surface area contributed by atoms with Gasteiger partial charge in [-0.1, -0.05) is 35.3 Å². The van der Waals surface area contributed by atoms with Crippen molar-refractivity contribution in [3.63, 3.8) is 0 Å². The summed E-state index contributed by atoms with van der Waals surface area (Å²) in [6.45, 7) is 1.77. The lowest BCUT2D eigenvalue weighted by molar-refractivity contribution is -0.125. The molecule has 10 nitrogen and oxygen atoms in total. The van der Waals surface area contributed by atoms with Crippen LogP contribution in [0.5, 0.6) is 0 Å². The maximum absolute atomic E-state index is 14.3. The lowest BCUT2D eigenvalue weighted by Crippen LogP contribution is -2.52. The molecule has 3 heterocycles. The van der Waals surface area contributed by atoms with Gasteiger partial charge in [-0.3, -0.25) is 23.9 Å². The number of carbonyl (C=O) groups is 3. The Bertz CT molecular complexity index is 1870. The number of imidazole rings is 1. The maximum Gasteiger partial charge on any atom is 0.270 e. The van der Waals surface area contributed by atoms with Crippen LogP contribution in [0.15, 0.2) is 67.0 Å². The summed E-state index contributed by atoms with van der Waals surface area (Å²) in [4.78, 5) is 52.4. The van der Waals surface area contributed by atoms with E-state index in [0.717, 1.165) is 27.7 Å². The molecule has 13 heteroatoms. The van der Waals surface area contributed by atoms with Crippen LogP contribution in [0, 0.1) is 3.57 Å². The first-order valence-electron chi connectivity index (χ1n) is 14.4. The second-order valence-electron chi connectivity index (χ2n) is 12.2. The van der Waals surface area contributed by atoms with E-state index < -0.39 is 22.5 Å². The minimum Gasteiger partial charge on any atom is -0.399 e. The largest absolute Gasteiger partial charge is 0.399 e. The number of nitrogens with zero attached hydrogens (tertiary/aromatic N) is 4. The molecule has 4 aromatic rings. The van der Waals surface area contributed by atoms with Gasteiger partial charge in [0.15, 0.2) is 0 Å². The van der Waals surface area contributed by atoms with Crippen LogP contribution in [-0.2, 0) is 27.1 Å². The summed E-state index contributed by atoms with van der Waals surface area (Å²) in [6.07, 6.45) is 5.97. The molecule has 0 bridgehead atoms. The van der Waals surface area contributed by atoms with Crippen LogP contribution in [0.1, 0.15) is 54.4 Å².